The number of aromatic nitrogens is 1. The summed E-state index contributed by atoms with van der Waals surface area (Å²) < 4.78 is 2.32. The Morgan fingerprint density at radius 2 is 2.00 bits per heavy atom. The molecule has 1 nitrogen and oxygen atoms in total. The molecule has 1 heterocycles. The van der Waals surface area contributed by atoms with Crippen LogP contribution < -0.4 is 17.0 Å². The van der Waals surface area contributed by atoms with Gasteiger partial charge in [-0.25, -0.2) is 4.57 Å². The minimum atomic E-state index is 0. The number of hydrogen-bond donors (Lipinski definition) is 0. The van der Waals surface area contributed by atoms with Gasteiger partial charge in [-0.3, -0.25) is 0 Å². The minimum Gasteiger partial charge on any atom is -1.00 e. The third-order valence-electron chi connectivity index (χ3n) is 2.16. The predicted molar refractivity (Wildman–Crippen MR) is 50.9 cm³/mol. The second-order valence-electron chi connectivity index (χ2n) is 3.08. The molecule has 0 aromatic carbocycles. The maximum absolute atomic E-state index is 2.32. The predicted octanol–water partition coefficient (Wildman–Crippen LogP) is -0.659. The van der Waals surface area contributed by atoms with Crippen molar-refractivity contribution < 1.29 is 17.0 Å². The van der Waals surface area contributed by atoms with Gasteiger partial charge in [-0.15, -0.1) is 0 Å². The molecule has 0 amide bonds. The first-order valence-electron chi connectivity index (χ1n) is 4.85. The topological polar surface area (TPSA) is 3.88 Å². The lowest BCUT2D eigenvalue weighted by atomic mass is 10.2. The SMILES string of the molecule is CCCCc1cccc[n+]1CC.[Cl-]. The normalized spacial score (nSPS) is 9.38. The molecule has 0 fully saturated rings. The van der Waals surface area contributed by atoms with Crippen molar-refractivity contribution in [2.45, 2.75) is 39.7 Å². The third-order valence-corrected chi connectivity index (χ3v) is 2.16. The molecule has 0 unspecified atom stereocenters. The first-order chi connectivity index (χ1) is 5.88. The van der Waals surface area contributed by atoms with E-state index in [2.05, 4.69) is 42.8 Å². The number of pyridine rings is 1. The van der Waals surface area contributed by atoms with Crippen molar-refractivity contribution in [3.8, 4) is 0 Å². The molecule has 0 atom stereocenters. The molecular formula is C11H18ClN. The Balaban J connectivity index is 0.00000144. The first kappa shape index (κ1) is 12.4. The molecule has 2 heteroatoms. The van der Waals surface area contributed by atoms with Gasteiger partial charge in [-0.2, -0.15) is 0 Å². The molecule has 0 aliphatic heterocycles. The van der Waals surface area contributed by atoms with Crippen molar-refractivity contribution in [1.82, 2.24) is 0 Å². The summed E-state index contributed by atoms with van der Waals surface area (Å²) in [6.07, 6.45) is 5.94. The quantitative estimate of drug-likeness (QED) is 0.567. The maximum atomic E-state index is 2.32. The smallest absolute Gasteiger partial charge is 0.181 e. The number of halogens is 1. The zero-order chi connectivity index (χ0) is 8.81. The van der Waals surface area contributed by atoms with E-state index in [1.807, 2.05) is 0 Å². The van der Waals surface area contributed by atoms with Gasteiger partial charge in [-0.05, 0) is 13.3 Å². The summed E-state index contributed by atoms with van der Waals surface area (Å²) >= 11 is 0. The van der Waals surface area contributed by atoms with E-state index in [0.29, 0.717) is 0 Å². The zero-order valence-corrected chi connectivity index (χ0v) is 9.22. The lowest BCUT2D eigenvalue weighted by Gasteiger charge is -1.99. The number of hydrogen-bond acceptors (Lipinski definition) is 0. The molecule has 0 aliphatic carbocycles. The molecule has 0 saturated heterocycles. The standard InChI is InChI=1S/C11H18N.ClH/c1-3-5-8-11-9-6-7-10-12(11)4-2;/h6-7,9-10H,3-5,8H2,1-2H3;1H/q+1;/p-1. The Labute approximate surface area is 87.2 Å². The van der Waals surface area contributed by atoms with Crippen molar-refractivity contribution in [2.75, 3.05) is 0 Å². The highest BCUT2D eigenvalue weighted by Gasteiger charge is 2.04. The average Bonchev–Trinajstić information content (AvgIpc) is 2.15. The number of unbranched alkanes of at least 4 members (excludes halogenated alkanes) is 1. The van der Waals surface area contributed by atoms with Gasteiger partial charge in [-0.1, -0.05) is 19.4 Å². The largest absolute Gasteiger partial charge is 1.00 e. The molecule has 13 heavy (non-hydrogen) atoms. The second kappa shape index (κ2) is 6.90. The molecule has 0 aliphatic rings. The Kier molecular flexibility index (Phi) is 6.61. The zero-order valence-electron chi connectivity index (χ0n) is 8.46. The van der Waals surface area contributed by atoms with Gasteiger partial charge in [0.15, 0.2) is 11.9 Å². The van der Waals surface area contributed by atoms with Gasteiger partial charge in [0.2, 0.25) is 0 Å². The van der Waals surface area contributed by atoms with Crippen molar-refractivity contribution in [2.24, 2.45) is 0 Å². The van der Waals surface area contributed by atoms with Crippen LogP contribution >= 0.6 is 0 Å². The minimum absolute atomic E-state index is 0. The summed E-state index contributed by atoms with van der Waals surface area (Å²) in [5.41, 5.74) is 1.46. The van der Waals surface area contributed by atoms with Gasteiger partial charge in [0.1, 0.15) is 6.54 Å². The average molecular weight is 200 g/mol. The molecule has 0 saturated carbocycles. The summed E-state index contributed by atoms with van der Waals surface area (Å²) in [5, 5.41) is 0. The van der Waals surface area contributed by atoms with Crippen LogP contribution in [0.15, 0.2) is 24.4 Å². The Morgan fingerprint density at radius 1 is 1.23 bits per heavy atom. The molecule has 0 bridgehead atoms. The molecular weight excluding hydrogens is 182 g/mol. The fourth-order valence-corrected chi connectivity index (χ4v) is 1.41. The molecule has 0 radical (unpaired) electrons. The van der Waals surface area contributed by atoms with Gasteiger partial charge in [0.25, 0.3) is 0 Å². The van der Waals surface area contributed by atoms with E-state index < -0.39 is 0 Å². The van der Waals surface area contributed by atoms with Gasteiger partial charge in [0.05, 0.1) is 0 Å². The van der Waals surface area contributed by atoms with E-state index in [-0.39, 0.29) is 12.4 Å². The van der Waals surface area contributed by atoms with Crippen LogP contribution in [0.1, 0.15) is 32.4 Å². The number of nitrogens with zero attached hydrogens (tertiary/aromatic N) is 1. The van der Waals surface area contributed by atoms with Crippen molar-refractivity contribution in [1.29, 1.82) is 0 Å². The summed E-state index contributed by atoms with van der Waals surface area (Å²) in [6, 6.07) is 6.44. The summed E-state index contributed by atoms with van der Waals surface area (Å²) in [7, 11) is 0. The van der Waals surface area contributed by atoms with E-state index in [9.17, 15) is 0 Å². The third kappa shape index (κ3) is 3.77. The Bertz CT molecular complexity index is 235. The lowest BCUT2D eigenvalue weighted by Crippen LogP contribution is -3.00. The molecule has 0 spiro atoms. The highest BCUT2D eigenvalue weighted by molar-refractivity contribution is 4.97. The van der Waals surface area contributed by atoms with E-state index in [1.165, 1.54) is 25.0 Å². The molecule has 1 rings (SSSR count). The van der Waals surface area contributed by atoms with E-state index in [4.69, 9.17) is 0 Å². The Hall–Kier alpha value is -0.560. The fraction of sp³-hybridized carbons (Fsp3) is 0.545. The molecule has 1 aromatic rings. The van der Waals surface area contributed by atoms with Crippen molar-refractivity contribution in [3.63, 3.8) is 0 Å². The summed E-state index contributed by atoms with van der Waals surface area (Å²) in [6.45, 7) is 5.51. The van der Waals surface area contributed by atoms with Crippen molar-refractivity contribution in [3.05, 3.63) is 30.1 Å². The van der Waals surface area contributed by atoms with Crippen LogP contribution in [0, 0.1) is 0 Å². The van der Waals surface area contributed by atoms with E-state index in [0.717, 1.165) is 6.54 Å². The van der Waals surface area contributed by atoms with Gasteiger partial charge < -0.3 is 12.4 Å². The van der Waals surface area contributed by atoms with Crippen LogP contribution in [0.3, 0.4) is 0 Å². The van der Waals surface area contributed by atoms with Gasteiger partial charge >= 0.3 is 0 Å². The monoisotopic (exact) mass is 199 g/mol. The van der Waals surface area contributed by atoms with Crippen molar-refractivity contribution >= 4 is 0 Å². The van der Waals surface area contributed by atoms with Crippen LogP contribution in [-0.2, 0) is 13.0 Å². The molecule has 1 aromatic heterocycles. The Morgan fingerprint density at radius 3 is 2.62 bits per heavy atom. The summed E-state index contributed by atoms with van der Waals surface area (Å²) in [4.78, 5) is 0. The van der Waals surface area contributed by atoms with Crippen LogP contribution in [0.5, 0.6) is 0 Å². The molecule has 74 valence electrons. The maximum Gasteiger partial charge on any atom is 0.181 e. The lowest BCUT2D eigenvalue weighted by molar-refractivity contribution is -0.700. The van der Waals surface area contributed by atoms with E-state index >= 15 is 0 Å². The highest BCUT2D eigenvalue weighted by atomic mass is 35.5. The fourth-order valence-electron chi connectivity index (χ4n) is 1.41. The van der Waals surface area contributed by atoms with Crippen LogP contribution in [0.25, 0.3) is 0 Å². The van der Waals surface area contributed by atoms with Crippen LogP contribution in [0.2, 0.25) is 0 Å². The van der Waals surface area contributed by atoms with Crippen LogP contribution in [0.4, 0.5) is 0 Å². The number of rotatable bonds is 4. The van der Waals surface area contributed by atoms with Gasteiger partial charge in [0, 0.05) is 18.6 Å². The second-order valence-corrected chi connectivity index (χ2v) is 3.08. The number of aryl methyl sites for hydroxylation is 2. The first-order valence-corrected chi connectivity index (χ1v) is 4.85. The molecule has 0 N–H and O–H groups in total. The summed E-state index contributed by atoms with van der Waals surface area (Å²) in [5.74, 6) is 0. The van der Waals surface area contributed by atoms with E-state index in [1.54, 1.807) is 0 Å². The van der Waals surface area contributed by atoms with Crippen LogP contribution in [-0.4, -0.2) is 0 Å². The highest BCUT2D eigenvalue weighted by Crippen LogP contribution is 1.98.